The van der Waals surface area contributed by atoms with Gasteiger partial charge in [-0.1, -0.05) is 19.3 Å². The van der Waals surface area contributed by atoms with E-state index in [0.29, 0.717) is 12.8 Å². The molecule has 0 aromatic heterocycles. The summed E-state index contributed by atoms with van der Waals surface area (Å²) in [6.07, 6.45) is 4.30. The molecule has 0 spiro atoms. The Bertz CT molecular complexity index is 259. The van der Waals surface area contributed by atoms with Crippen LogP contribution < -0.4 is 0 Å². The molecule has 1 rings (SSSR count). The summed E-state index contributed by atoms with van der Waals surface area (Å²) in [6.45, 7) is 0.485. The van der Waals surface area contributed by atoms with E-state index in [-0.39, 0.29) is 13.1 Å². The second-order valence-electron chi connectivity index (χ2n) is 3.47. The first-order chi connectivity index (χ1) is 6.55. The second kappa shape index (κ2) is 5.02. The molecule has 0 aromatic rings. The van der Waals surface area contributed by atoms with Crippen molar-refractivity contribution < 1.29 is 17.2 Å². The molecule has 0 amide bonds. The molecule has 0 aliphatic carbocycles. The van der Waals surface area contributed by atoms with Crippen LogP contribution in [-0.2, 0) is 10.0 Å². The SMILES string of the molecule is O=S(=O)(C(F)F)N1CCCCCCC1. The Morgan fingerprint density at radius 1 is 0.929 bits per heavy atom. The molecule has 0 radical (unpaired) electrons. The summed E-state index contributed by atoms with van der Waals surface area (Å²) in [7, 11) is -4.34. The fraction of sp³-hybridized carbons (Fsp3) is 1.00. The van der Waals surface area contributed by atoms with Crippen LogP contribution in [0.5, 0.6) is 0 Å². The smallest absolute Gasteiger partial charge is 0.206 e. The molecule has 84 valence electrons. The standard InChI is InChI=1S/C8H15F2NO2S/c9-8(10)14(12,13)11-6-4-2-1-3-5-7-11/h8H,1-7H2. The molecule has 0 unspecified atom stereocenters. The van der Waals surface area contributed by atoms with Gasteiger partial charge in [-0.05, 0) is 12.8 Å². The first kappa shape index (κ1) is 11.8. The summed E-state index contributed by atoms with van der Waals surface area (Å²) in [5.41, 5.74) is 0. The molecule has 3 nitrogen and oxygen atoms in total. The number of hydrogen-bond acceptors (Lipinski definition) is 2. The van der Waals surface area contributed by atoms with Crippen LogP contribution in [0.4, 0.5) is 8.78 Å². The van der Waals surface area contributed by atoms with Crippen LogP contribution in [0.1, 0.15) is 32.1 Å². The van der Waals surface area contributed by atoms with Crippen LogP contribution in [-0.4, -0.2) is 31.6 Å². The van der Waals surface area contributed by atoms with E-state index >= 15 is 0 Å². The molecule has 1 saturated heterocycles. The van der Waals surface area contributed by atoms with E-state index in [0.717, 1.165) is 23.6 Å². The number of sulfonamides is 1. The number of nitrogens with zero attached hydrogens (tertiary/aromatic N) is 1. The van der Waals surface area contributed by atoms with Gasteiger partial charge in [-0.3, -0.25) is 0 Å². The molecule has 0 aromatic carbocycles. The Balaban J connectivity index is 2.64. The fourth-order valence-corrected chi connectivity index (χ4v) is 2.58. The van der Waals surface area contributed by atoms with Gasteiger partial charge in [-0.15, -0.1) is 0 Å². The Kier molecular flexibility index (Phi) is 4.25. The molecule has 1 fully saturated rings. The highest BCUT2D eigenvalue weighted by Crippen LogP contribution is 2.17. The average Bonchev–Trinajstić information content (AvgIpc) is 2.01. The monoisotopic (exact) mass is 227 g/mol. The van der Waals surface area contributed by atoms with Gasteiger partial charge in [0.05, 0.1) is 0 Å². The highest BCUT2D eigenvalue weighted by molar-refractivity contribution is 7.89. The highest BCUT2D eigenvalue weighted by atomic mass is 32.2. The summed E-state index contributed by atoms with van der Waals surface area (Å²) in [4.78, 5) is 0. The predicted octanol–water partition coefficient (Wildman–Crippen LogP) is 1.80. The summed E-state index contributed by atoms with van der Waals surface area (Å²) in [5, 5.41) is 0. The average molecular weight is 227 g/mol. The van der Waals surface area contributed by atoms with E-state index in [1.807, 2.05) is 0 Å². The van der Waals surface area contributed by atoms with Crippen molar-refractivity contribution in [2.75, 3.05) is 13.1 Å². The molecule has 1 aliphatic heterocycles. The molecule has 0 saturated carbocycles. The van der Waals surface area contributed by atoms with Crippen molar-refractivity contribution in [3.63, 3.8) is 0 Å². The second-order valence-corrected chi connectivity index (χ2v) is 5.38. The number of rotatable bonds is 2. The van der Waals surface area contributed by atoms with Gasteiger partial charge in [0.2, 0.25) is 0 Å². The molecule has 0 atom stereocenters. The van der Waals surface area contributed by atoms with Crippen LogP contribution in [0.15, 0.2) is 0 Å². The van der Waals surface area contributed by atoms with Crippen LogP contribution in [0.2, 0.25) is 0 Å². The Morgan fingerprint density at radius 2 is 1.36 bits per heavy atom. The number of halogens is 2. The summed E-state index contributed by atoms with van der Waals surface area (Å²) < 4.78 is 47.6. The Morgan fingerprint density at radius 3 is 1.79 bits per heavy atom. The van der Waals surface area contributed by atoms with E-state index in [1.54, 1.807) is 0 Å². The minimum atomic E-state index is -4.34. The van der Waals surface area contributed by atoms with E-state index in [2.05, 4.69) is 0 Å². The highest BCUT2D eigenvalue weighted by Gasteiger charge is 2.31. The van der Waals surface area contributed by atoms with Crippen LogP contribution >= 0.6 is 0 Å². The third kappa shape index (κ3) is 2.88. The van der Waals surface area contributed by atoms with E-state index in [9.17, 15) is 17.2 Å². The van der Waals surface area contributed by atoms with Gasteiger partial charge in [0, 0.05) is 13.1 Å². The van der Waals surface area contributed by atoms with Gasteiger partial charge in [0.1, 0.15) is 0 Å². The topological polar surface area (TPSA) is 37.4 Å². The van der Waals surface area contributed by atoms with E-state index < -0.39 is 15.8 Å². The van der Waals surface area contributed by atoms with Gasteiger partial charge in [0.25, 0.3) is 10.0 Å². The zero-order chi connectivity index (χ0) is 10.6. The molecular formula is C8H15F2NO2S. The van der Waals surface area contributed by atoms with Crippen molar-refractivity contribution in [1.29, 1.82) is 0 Å². The molecule has 0 N–H and O–H groups in total. The molecule has 0 bridgehead atoms. The van der Waals surface area contributed by atoms with Crippen LogP contribution in [0.25, 0.3) is 0 Å². The maximum absolute atomic E-state index is 12.2. The summed E-state index contributed by atoms with van der Waals surface area (Å²) in [5.74, 6) is -3.28. The van der Waals surface area contributed by atoms with E-state index in [1.165, 1.54) is 0 Å². The molecular weight excluding hydrogens is 212 g/mol. The number of hydrogen-bond donors (Lipinski definition) is 0. The van der Waals surface area contributed by atoms with Crippen molar-refractivity contribution in [2.24, 2.45) is 0 Å². The van der Waals surface area contributed by atoms with Gasteiger partial charge in [0.15, 0.2) is 0 Å². The summed E-state index contributed by atoms with van der Waals surface area (Å²) >= 11 is 0. The van der Waals surface area contributed by atoms with Crippen LogP contribution in [0.3, 0.4) is 0 Å². The minimum absolute atomic E-state index is 0.243. The minimum Gasteiger partial charge on any atom is -0.206 e. The van der Waals surface area contributed by atoms with Gasteiger partial charge >= 0.3 is 5.76 Å². The van der Waals surface area contributed by atoms with Crippen molar-refractivity contribution in [1.82, 2.24) is 4.31 Å². The molecule has 1 heterocycles. The lowest BCUT2D eigenvalue weighted by Crippen LogP contribution is -2.37. The normalized spacial score (nSPS) is 21.9. The van der Waals surface area contributed by atoms with Crippen molar-refractivity contribution >= 4 is 10.0 Å². The first-order valence-corrected chi connectivity index (χ1v) is 6.32. The Labute approximate surface area is 83.1 Å². The van der Waals surface area contributed by atoms with Gasteiger partial charge in [-0.2, -0.15) is 13.1 Å². The van der Waals surface area contributed by atoms with E-state index in [4.69, 9.17) is 0 Å². The van der Waals surface area contributed by atoms with Crippen molar-refractivity contribution in [3.8, 4) is 0 Å². The largest absolute Gasteiger partial charge is 0.350 e. The lowest BCUT2D eigenvalue weighted by molar-refractivity contribution is 0.216. The summed E-state index contributed by atoms with van der Waals surface area (Å²) in [6, 6.07) is 0. The lowest BCUT2D eigenvalue weighted by Gasteiger charge is -2.23. The zero-order valence-electron chi connectivity index (χ0n) is 7.95. The predicted molar refractivity (Wildman–Crippen MR) is 49.6 cm³/mol. The molecule has 14 heavy (non-hydrogen) atoms. The Hall–Kier alpha value is -0.230. The van der Waals surface area contributed by atoms with Gasteiger partial charge < -0.3 is 0 Å². The molecule has 1 aliphatic rings. The zero-order valence-corrected chi connectivity index (χ0v) is 8.77. The maximum Gasteiger partial charge on any atom is 0.350 e. The van der Waals surface area contributed by atoms with Crippen molar-refractivity contribution in [2.45, 2.75) is 37.9 Å². The van der Waals surface area contributed by atoms with Gasteiger partial charge in [-0.25, -0.2) is 8.42 Å². The van der Waals surface area contributed by atoms with Crippen molar-refractivity contribution in [3.05, 3.63) is 0 Å². The lowest BCUT2D eigenvalue weighted by atomic mass is 10.1. The van der Waals surface area contributed by atoms with Crippen LogP contribution in [0, 0.1) is 0 Å². The quantitative estimate of drug-likeness (QED) is 0.721. The molecule has 6 heteroatoms. The fourth-order valence-electron chi connectivity index (χ4n) is 1.59. The first-order valence-electron chi connectivity index (χ1n) is 4.82. The maximum atomic E-state index is 12.2. The third-order valence-corrected chi connectivity index (χ3v) is 3.94. The number of alkyl halides is 2. The third-order valence-electron chi connectivity index (χ3n) is 2.40.